The van der Waals surface area contributed by atoms with Gasteiger partial charge in [-0.1, -0.05) is 18.3 Å². The quantitative estimate of drug-likeness (QED) is 0.585. The number of amides is 1. The van der Waals surface area contributed by atoms with Crippen LogP contribution in [0.5, 0.6) is 0 Å². The van der Waals surface area contributed by atoms with Crippen LogP contribution in [0.3, 0.4) is 0 Å². The molecule has 0 radical (unpaired) electrons. The molecule has 2 fully saturated rings. The predicted octanol–water partition coefficient (Wildman–Crippen LogP) is 1.01. The maximum atomic E-state index is 11.6. The topological polar surface area (TPSA) is 23.6 Å². The SMILES string of the molecule is O=C1[C@@H](S)CCN1CC#CCN1CCCCC1. The van der Waals surface area contributed by atoms with Crippen molar-refractivity contribution in [3.8, 4) is 11.8 Å². The van der Waals surface area contributed by atoms with Crippen molar-refractivity contribution in [2.24, 2.45) is 0 Å². The Morgan fingerprint density at radius 2 is 1.82 bits per heavy atom. The van der Waals surface area contributed by atoms with E-state index in [9.17, 15) is 4.79 Å². The monoisotopic (exact) mass is 252 g/mol. The van der Waals surface area contributed by atoms with Gasteiger partial charge in [0.05, 0.1) is 18.3 Å². The number of hydrogen-bond donors (Lipinski definition) is 1. The summed E-state index contributed by atoms with van der Waals surface area (Å²) < 4.78 is 0. The van der Waals surface area contributed by atoms with Crippen molar-refractivity contribution in [3.63, 3.8) is 0 Å². The lowest BCUT2D eigenvalue weighted by atomic mass is 10.1. The second-order valence-electron chi connectivity index (χ2n) is 4.75. The molecule has 0 N–H and O–H groups in total. The number of carbonyl (C=O) groups is 1. The van der Waals surface area contributed by atoms with E-state index >= 15 is 0 Å². The van der Waals surface area contributed by atoms with Gasteiger partial charge in [0.2, 0.25) is 5.91 Å². The van der Waals surface area contributed by atoms with E-state index < -0.39 is 0 Å². The van der Waals surface area contributed by atoms with Crippen LogP contribution in [-0.2, 0) is 4.79 Å². The number of hydrogen-bond acceptors (Lipinski definition) is 3. The van der Waals surface area contributed by atoms with Crippen molar-refractivity contribution in [1.29, 1.82) is 0 Å². The zero-order valence-corrected chi connectivity index (χ0v) is 11.1. The molecule has 2 saturated heterocycles. The molecule has 94 valence electrons. The number of likely N-dealkylation sites (tertiary alicyclic amines) is 2. The summed E-state index contributed by atoms with van der Waals surface area (Å²) in [6.07, 6.45) is 4.81. The van der Waals surface area contributed by atoms with Crippen molar-refractivity contribution in [2.45, 2.75) is 30.9 Å². The molecule has 0 aromatic rings. The van der Waals surface area contributed by atoms with Gasteiger partial charge in [-0.05, 0) is 32.4 Å². The first kappa shape index (κ1) is 12.8. The average molecular weight is 252 g/mol. The van der Waals surface area contributed by atoms with Crippen LogP contribution in [0.2, 0.25) is 0 Å². The molecular weight excluding hydrogens is 232 g/mol. The molecule has 2 aliphatic rings. The molecular formula is C13H20N2OS. The summed E-state index contributed by atoms with van der Waals surface area (Å²) in [4.78, 5) is 15.8. The molecule has 2 aliphatic heterocycles. The molecule has 0 aliphatic carbocycles. The average Bonchev–Trinajstić information content (AvgIpc) is 2.67. The van der Waals surface area contributed by atoms with Crippen LogP contribution in [0.4, 0.5) is 0 Å². The smallest absolute Gasteiger partial charge is 0.236 e. The molecule has 1 amide bonds. The largest absolute Gasteiger partial charge is 0.331 e. The summed E-state index contributed by atoms with van der Waals surface area (Å²) >= 11 is 4.23. The first-order valence-corrected chi connectivity index (χ1v) is 6.94. The van der Waals surface area contributed by atoms with Crippen molar-refractivity contribution < 1.29 is 4.79 Å². The first-order valence-electron chi connectivity index (χ1n) is 6.42. The second-order valence-corrected chi connectivity index (χ2v) is 5.38. The van der Waals surface area contributed by atoms with Gasteiger partial charge >= 0.3 is 0 Å². The fourth-order valence-corrected chi connectivity index (χ4v) is 2.59. The summed E-state index contributed by atoms with van der Waals surface area (Å²) in [6.45, 7) is 4.59. The zero-order chi connectivity index (χ0) is 12.1. The van der Waals surface area contributed by atoms with Gasteiger partial charge in [0, 0.05) is 6.54 Å². The molecule has 0 bridgehead atoms. The third kappa shape index (κ3) is 3.65. The lowest BCUT2D eigenvalue weighted by Crippen LogP contribution is -2.30. The van der Waals surface area contributed by atoms with Crippen molar-refractivity contribution in [3.05, 3.63) is 0 Å². The van der Waals surface area contributed by atoms with Crippen molar-refractivity contribution in [2.75, 3.05) is 32.7 Å². The van der Waals surface area contributed by atoms with E-state index in [0.717, 1.165) is 19.5 Å². The van der Waals surface area contributed by atoms with E-state index in [1.165, 1.54) is 32.4 Å². The van der Waals surface area contributed by atoms with Crippen LogP contribution in [0.25, 0.3) is 0 Å². The van der Waals surface area contributed by atoms with Gasteiger partial charge in [0.15, 0.2) is 0 Å². The highest BCUT2D eigenvalue weighted by molar-refractivity contribution is 7.81. The van der Waals surface area contributed by atoms with E-state index in [1.54, 1.807) is 4.90 Å². The number of piperidine rings is 1. The normalized spacial score (nSPS) is 25.8. The fourth-order valence-electron chi connectivity index (χ4n) is 2.32. The predicted molar refractivity (Wildman–Crippen MR) is 72.0 cm³/mol. The maximum absolute atomic E-state index is 11.6. The van der Waals surface area contributed by atoms with E-state index in [0.29, 0.717) is 6.54 Å². The zero-order valence-electron chi connectivity index (χ0n) is 10.2. The van der Waals surface area contributed by atoms with Gasteiger partial charge in [-0.3, -0.25) is 9.69 Å². The lowest BCUT2D eigenvalue weighted by molar-refractivity contribution is -0.126. The minimum absolute atomic E-state index is 0.0982. The molecule has 0 aromatic heterocycles. The Kier molecular flexibility index (Phi) is 4.75. The minimum atomic E-state index is -0.0982. The molecule has 2 rings (SSSR count). The molecule has 0 unspecified atom stereocenters. The van der Waals surface area contributed by atoms with Gasteiger partial charge in [0.1, 0.15) is 0 Å². The van der Waals surface area contributed by atoms with Gasteiger partial charge < -0.3 is 4.90 Å². The van der Waals surface area contributed by atoms with Crippen LogP contribution in [0, 0.1) is 11.8 Å². The van der Waals surface area contributed by atoms with Crippen LogP contribution in [-0.4, -0.2) is 53.7 Å². The molecule has 0 spiro atoms. The molecule has 17 heavy (non-hydrogen) atoms. The number of nitrogens with zero attached hydrogens (tertiary/aromatic N) is 2. The highest BCUT2D eigenvalue weighted by Crippen LogP contribution is 2.15. The van der Waals surface area contributed by atoms with E-state index in [-0.39, 0.29) is 11.2 Å². The van der Waals surface area contributed by atoms with Crippen molar-refractivity contribution in [1.82, 2.24) is 9.80 Å². The van der Waals surface area contributed by atoms with Gasteiger partial charge in [-0.25, -0.2) is 0 Å². The molecule has 0 aromatic carbocycles. The highest BCUT2D eigenvalue weighted by atomic mass is 32.1. The summed E-state index contributed by atoms with van der Waals surface area (Å²) in [5, 5.41) is -0.0982. The van der Waals surface area contributed by atoms with E-state index in [4.69, 9.17) is 0 Å². The van der Waals surface area contributed by atoms with Crippen LogP contribution < -0.4 is 0 Å². The Morgan fingerprint density at radius 3 is 2.47 bits per heavy atom. The Hall–Kier alpha value is -0.660. The number of rotatable bonds is 2. The Morgan fingerprint density at radius 1 is 1.12 bits per heavy atom. The van der Waals surface area contributed by atoms with Crippen LogP contribution in [0.1, 0.15) is 25.7 Å². The van der Waals surface area contributed by atoms with Crippen molar-refractivity contribution >= 4 is 18.5 Å². The molecule has 0 saturated carbocycles. The summed E-state index contributed by atoms with van der Waals surface area (Å²) in [7, 11) is 0. The highest BCUT2D eigenvalue weighted by Gasteiger charge is 2.27. The first-order chi connectivity index (χ1) is 8.27. The van der Waals surface area contributed by atoms with E-state index in [1.807, 2.05) is 0 Å². The summed E-state index contributed by atoms with van der Waals surface area (Å²) in [5.41, 5.74) is 0. The van der Waals surface area contributed by atoms with E-state index in [2.05, 4.69) is 29.4 Å². The minimum Gasteiger partial charge on any atom is -0.331 e. The Labute approximate surface area is 109 Å². The summed E-state index contributed by atoms with van der Waals surface area (Å²) in [6, 6.07) is 0. The molecule has 2 heterocycles. The van der Waals surface area contributed by atoms with Gasteiger partial charge in [-0.15, -0.1) is 0 Å². The fraction of sp³-hybridized carbons (Fsp3) is 0.769. The summed E-state index contributed by atoms with van der Waals surface area (Å²) in [5.74, 6) is 6.42. The third-order valence-corrected chi connectivity index (χ3v) is 3.89. The number of thiol groups is 1. The molecule has 1 atom stereocenters. The molecule has 4 heteroatoms. The van der Waals surface area contributed by atoms with Gasteiger partial charge in [0.25, 0.3) is 0 Å². The van der Waals surface area contributed by atoms with Crippen LogP contribution >= 0.6 is 12.6 Å². The standard InChI is InChI=1S/C13H20N2OS/c16-13-12(17)6-11-15(13)10-5-4-9-14-7-2-1-3-8-14/h12,17H,1-3,6-11H2/t12-/m0/s1. The second kappa shape index (κ2) is 6.32. The lowest BCUT2D eigenvalue weighted by Gasteiger charge is -2.23. The van der Waals surface area contributed by atoms with Gasteiger partial charge in [-0.2, -0.15) is 12.6 Å². The third-order valence-electron chi connectivity index (χ3n) is 3.42. The number of carbonyl (C=O) groups excluding carboxylic acids is 1. The maximum Gasteiger partial charge on any atom is 0.236 e. The Balaban J connectivity index is 1.69. The Bertz CT molecular complexity index is 328. The molecule has 3 nitrogen and oxygen atoms in total. The van der Waals surface area contributed by atoms with Crippen LogP contribution in [0.15, 0.2) is 0 Å².